The molecule has 0 bridgehead atoms. The normalized spacial score (nSPS) is 12.1. The van der Waals surface area contributed by atoms with Crippen molar-refractivity contribution in [2.24, 2.45) is 0 Å². The Labute approximate surface area is 124 Å². The van der Waals surface area contributed by atoms with Crippen LogP contribution in [-0.2, 0) is 0 Å². The maximum Gasteiger partial charge on any atom is 0.349 e. The number of aliphatic hydroxyl groups excluding tert-OH is 1. The van der Waals surface area contributed by atoms with Gasteiger partial charge in [0.2, 0.25) is 0 Å². The summed E-state index contributed by atoms with van der Waals surface area (Å²) in [6.45, 7) is 1.51. The highest BCUT2D eigenvalue weighted by Gasteiger charge is 2.18. The zero-order chi connectivity index (χ0) is 16.3. The monoisotopic (exact) mass is 306 g/mol. The first kappa shape index (κ1) is 15.6. The summed E-state index contributed by atoms with van der Waals surface area (Å²) >= 11 is 0. The number of benzene rings is 1. The first-order chi connectivity index (χ1) is 10.5. The molecule has 22 heavy (non-hydrogen) atoms. The van der Waals surface area contributed by atoms with Crippen molar-refractivity contribution in [3.05, 3.63) is 50.4 Å². The van der Waals surface area contributed by atoms with Crippen molar-refractivity contribution in [3.8, 4) is 0 Å². The van der Waals surface area contributed by atoms with E-state index in [-0.39, 0.29) is 28.8 Å². The first-order valence-electron chi connectivity index (χ1n) is 6.60. The molecule has 0 saturated heterocycles. The van der Waals surface area contributed by atoms with Gasteiger partial charge in [0.15, 0.2) is 0 Å². The van der Waals surface area contributed by atoms with Crippen LogP contribution < -0.4 is 10.9 Å². The molecule has 1 heterocycles. The van der Waals surface area contributed by atoms with E-state index in [1.54, 1.807) is 6.92 Å². The Hall–Kier alpha value is -2.74. The molecular formula is C14H14N2O6. The second-order valence-electron chi connectivity index (χ2n) is 4.69. The fourth-order valence-electron chi connectivity index (χ4n) is 1.92. The van der Waals surface area contributed by atoms with Gasteiger partial charge in [0, 0.05) is 17.5 Å². The standard InChI is InChI=1S/C14H14N2O6/c1-2-9(7-17)15-13(18)11-6-8-5-10(16(20)21)3-4-12(8)22-14(11)19/h3-6,9,17H,2,7H2,1H3,(H,15,18)/t9-/m0/s1. The number of carbonyl (C=O) groups is 1. The fourth-order valence-corrected chi connectivity index (χ4v) is 1.92. The van der Waals surface area contributed by atoms with Crippen LogP contribution in [0.25, 0.3) is 11.0 Å². The molecule has 0 spiro atoms. The van der Waals surface area contributed by atoms with Crippen molar-refractivity contribution in [1.29, 1.82) is 0 Å². The molecule has 0 saturated carbocycles. The summed E-state index contributed by atoms with van der Waals surface area (Å²) in [5.41, 5.74) is -1.12. The van der Waals surface area contributed by atoms with E-state index in [9.17, 15) is 19.7 Å². The van der Waals surface area contributed by atoms with Gasteiger partial charge in [0.25, 0.3) is 11.6 Å². The molecule has 2 rings (SSSR count). The molecule has 0 aliphatic heterocycles. The number of nitro benzene ring substituents is 1. The van der Waals surface area contributed by atoms with Crippen molar-refractivity contribution in [2.45, 2.75) is 19.4 Å². The average molecular weight is 306 g/mol. The lowest BCUT2D eigenvalue weighted by molar-refractivity contribution is -0.384. The van der Waals surface area contributed by atoms with Crippen molar-refractivity contribution in [2.75, 3.05) is 6.61 Å². The molecule has 1 atom stereocenters. The largest absolute Gasteiger partial charge is 0.422 e. The fraction of sp³-hybridized carbons (Fsp3) is 0.286. The minimum Gasteiger partial charge on any atom is -0.422 e. The van der Waals surface area contributed by atoms with Crippen LogP contribution in [0.1, 0.15) is 23.7 Å². The van der Waals surface area contributed by atoms with E-state index in [1.807, 2.05) is 0 Å². The minimum absolute atomic E-state index is 0.154. The lowest BCUT2D eigenvalue weighted by Gasteiger charge is -2.13. The molecule has 116 valence electrons. The highest BCUT2D eigenvalue weighted by atomic mass is 16.6. The molecule has 2 N–H and O–H groups in total. The van der Waals surface area contributed by atoms with Crippen LogP contribution >= 0.6 is 0 Å². The van der Waals surface area contributed by atoms with Crippen LogP contribution in [0.5, 0.6) is 0 Å². The van der Waals surface area contributed by atoms with E-state index in [0.29, 0.717) is 6.42 Å². The molecule has 2 aromatic rings. The summed E-state index contributed by atoms with van der Waals surface area (Å²) < 4.78 is 5.00. The maximum atomic E-state index is 12.0. The molecule has 0 fully saturated rings. The second-order valence-corrected chi connectivity index (χ2v) is 4.69. The molecule has 0 aliphatic rings. The number of amides is 1. The summed E-state index contributed by atoms with van der Waals surface area (Å²) in [5.74, 6) is -0.692. The number of nitro groups is 1. The number of carbonyl (C=O) groups excluding carboxylic acids is 1. The summed E-state index contributed by atoms with van der Waals surface area (Å²) in [7, 11) is 0. The second kappa shape index (κ2) is 6.35. The van der Waals surface area contributed by atoms with Gasteiger partial charge < -0.3 is 14.8 Å². The van der Waals surface area contributed by atoms with Gasteiger partial charge in [0.05, 0.1) is 17.6 Å². The van der Waals surface area contributed by atoms with Gasteiger partial charge in [0.1, 0.15) is 11.1 Å². The summed E-state index contributed by atoms with van der Waals surface area (Å²) in [4.78, 5) is 34.0. The summed E-state index contributed by atoms with van der Waals surface area (Å²) in [5, 5.41) is 22.6. The van der Waals surface area contributed by atoms with E-state index in [1.165, 1.54) is 24.3 Å². The van der Waals surface area contributed by atoms with E-state index >= 15 is 0 Å². The number of aliphatic hydroxyl groups is 1. The zero-order valence-corrected chi connectivity index (χ0v) is 11.7. The molecule has 8 nitrogen and oxygen atoms in total. The number of nitrogens with zero attached hydrogens (tertiary/aromatic N) is 1. The van der Waals surface area contributed by atoms with Crippen LogP contribution in [-0.4, -0.2) is 28.6 Å². The molecule has 0 radical (unpaired) electrons. The van der Waals surface area contributed by atoms with Gasteiger partial charge in [-0.2, -0.15) is 0 Å². The third-order valence-electron chi connectivity index (χ3n) is 3.22. The van der Waals surface area contributed by atoms with Gasteiger partial charge >= 0.3 is 5.63 Å². The molecule has 1 amide bonds. The molecule has 8 heteroatoms. The van der Waals surface area contributed by atoms with Crippen LogP contribution in [0, 0.1) is 10.1 Å². The van der Waals surface area contributed by atoms with E-state index in [0.717, 1.165) is 0 Å². The smallest absolute Gasteiger partial charge is 0.349 e. The van der Waals surface area contributed by atoms with Crippen LogP contribution in [0.4, 0.5) is 5.69 Å². The Kier molecular flexibility index (Phi) is 4.52. The predicted molar refractivity (Wildman–Crippen MR) is 77.8 cm³/mol. The zero-order valence-electron chi connectivity index (χ0n) is 11.7. The molecule has 1 aromatic heterocycles. The predicted octanol–water partition coefficient (Wildman–Crippen LogP) is 1.20. The number of rotatable bonds is 5. The van der Waals surface area contributed by atoms with Gasteiger partial charge in [-0.05, 0) is 18.6 Å². The van der Waals surface area contributed by atoms with Crippen molar-refractivity contribution in [3.63, 3.8) is 0 Å². The third kappa shape index (κ3) is 3.12. The van der Waals surface area contributed by atoms with Crippen molar-refractivity contribution >= 4 is 22.6 Å². The van der Waals surface area contributed by atoms with Gasteiger partial charge in [-0.3, -0.25) is 14.9 Å². The van der Waals surface area contributed by atoms with Gasteiger partial charge in [-0.15, -0.1) is 0 Å². The Balaban J connectivity index is 2.45. The Bertz CT molecular complexity index is 778. The molecular weight excluding hydrogens is 292 g/mol. The highest BCUT2D eigenvalue weighted by Crippen LogP contribution is 2.20. The number of hydrogen-bond donors (Lipinski definition) is 2. The van der Waals surface area contributed by atoms with Crippen molar-refractivity contribution in [1.82, 2.24) is 5.32 Å². The number of nitrogens with one attached hydrogen (secondary N) is 1. The van der Waals surface area contributed by atoms with E-state index in [4.69, 9.17) is 9.52 Å². The Morgan fingerprint density at radius 3 is 2.77 bits per heavy atom. The van der Waals surface area contributed by atoms with Crippen LogP contribution in [0.2, 0.25) is 0 Å². The summed E-state index contributed by atoms with van der Waals surface area (Å²) in [6.07, 6.45) is 0.493. The highest BCUT2D eigenvalue weighted by molar-refractivity contribution is 5.97. The lowest BCUT2D eigenvalue weighted by atomic mass is 10.1. The first-order valence-corrected chi connectivity index (χ1v) is 6.60. The molecule has 1 aromatic carbocycles. The number of non-ortho nitro benzene ring substituents is 1. The minimum atomic E-state index is -0.841. The Morgan fingerprint density at radius 2 is 2.18 bits per heavy atom. The topological polar surface area (TPSA) is 123 Å². The van der Waals surface area contributed by atoms with Crippen molar-refractivity contribution < 1.29 is 19.2 Å². The van der Waals surface area contributed by atoms with Crippen LogP contribution in [0.15, 0.2) is 33.5 Å². The number of fused-ring (bicyclic) bond motifs is 1. The third-order valence-corrected chi connectivity index (χ3v) is 3.22. The average Bonchev–Trinajstić information content (AvgIpc) is 2.51. The van der Waals surface area contributed by atoms with Gasteiger partial charge in [-0.25, -0.2) is 4.79 Å². The molecule has 0 aliphatic carbocycles. The van der Waals surface area contributed by atoms with E-state index < -0.39 is 22.5 Å². The quantitative estimate of drug-likeness (QED) is 0.486. The van der Waals surface area contributed by atoms with E-state index in [2.05, 4.69) is 5.32 Å². The molecule has 0 unspecified atom stereocenters. The lowest BCUT2D eigenvalue weighted by Crippen LogP contribution is -2.38. The number of hydrogen-bond acceptors (Lipinski definition) is 6. The maximum absolute atomic E-state index is 12.0. The SMILES string of the molecule is CC[C@@H](CO)NC(=O)c1cc2cc([N+](=O)[O-])ccc2oc1=O. The van der Waals surface area contributed by atoms with Crippen LogP contribution in [0.3, 0.4) is 0 Å². The summed E-state index contributed by atoms with van der Waals surface area (Å²) in [6, 6.07) is 4.50. The Morgan fingerprint density at radius 1 is 1.45 bits per heavy atom. The van der Waals surface area contributed by atoms with Gasteiger partial charge in [-0.1, -0.05) is 6.92 Å².